The molecule has 4 rings (SSSR count). The molecule has 4 aliphatic rings. The summed E-state index contributed by atoms with van der Waals surface area (Å²) in [7, 11) is 0. The maximum atomic E-state index is 12.5. The minimum Gasteiger partial charge on any atom is -0.352 e. The summed E-state index contributed by atoms with van der Waals surface area (Å²) < 4.78 is 0. The van der Waals surface area contributed by atoms with Crippen molar-refractivity contribution in [2.24, 2.45) is 35.5 Å². The van der Waals surface area contributed by atoms with Gasteiger partial charge in [-0.15, -0.1) is 0 Å². The van der Waals surface area contributed by atoms with Crippen molar-refractivity contribution < 1.29 is 9.59 Å². The Bertz CT molecular complexity index is 439. The number of piperidine rings is 1. The van der Waals surface area contributed by atoms with Crippen LogP contribution < -0.4 is 5.32 Å². The van der Waals surface area contributed by atoms with Crippen molar-refractivity contribution in [2.45, 2.75) is 39.2 Å². The maximum absolute atomic E-state index is 12.5. The molecule has 1 heterocycles. The molecule has 1 N–H and O–H groups in total. The maximum Gasteiger partial charge on any atom is 0.226 e. The monoisotopic (exact) mass is 276 g/mol. The number of hydrogen-bond donors (Lipinski definition) is 1. The topological polar surface area (TPSA) is 49.4 Å². The molecule has 4 nitrogen and oxygen atoms in total. The second-order valence-electron chi connectivity index (χ2n) is 7.54. The highest BCUT2D eigenvalue weighted by molar-refractivity contribution is 5.83. The van der Waals surface area contributed by atoms with Gasteiger partial charge in [-0.2, -0.15) is 0 Å². The number of rotatable bonds is 3. The molecule has 0 aromatic carbocycles. The number of amides is 2. The van der Waals surface area contributed by atoms with Crippen LogP contribution in [0.25, 0.3) is 0 Å². The lowest BCUT2D eigenvalue weighted by atomic mass is 10.1. The first-order valence-electron chi connectivity index (χ1n) is 8.17. The van der Waals surface area contributed by atoms with Crippen molar-refractivity contribution in [1.82, 2.24) is 10.2 Å². The van der Waals surface area contributed by atoms with Gasteiger partial charge in [-0.1, -0.05) is 20.3 Å². The zero-order valence-corrected chi connectivity index (χ0v) is 12.3. The summed E-state index contributed by atoms with van der Waals surface area (Å²) in [5.41, 5.74) is 0. The van der Waals surface area contributed by atoms with Crippen LogP contribution in [0.3, 0.4) is 0 Å². The lowest BCUT2D eigenvalue weighted by Crippen LogP contribution is -2.39. The third-order valence-electron chi connectivity index (χ3n) is 6.03. The van der Waals surface area contributed by atoms with E-state index in [1.165, 1.54) is 19.3 Å². The van der Waals surface area contributed by atoms with E-state index in [0.717, 1.165) is 24.9 Å². The predicted octanol–water partition coefficient (Wildman–Crippen LogP) is 1.26. The summed E-state index contributed by atoms with van der Waals surface area (Å²) in [5.74, 6) is 3.48. The summed E-state index contributed by atoms with van der Waals surface area (Å²) in [5, 5.41) is 3.12. The third kappa shape index (κ3) is 1.80. The SMILES string of the molecule is CC(C)C(=O)NC1[C@H]2CN(C(=O)C3[C@H]4CCC[C@@H]34)C[C@@H]12. The molecule has 2 unspecified atom stereocenters. The van der Waals surface area contributed by atoms with Crippen molar-refractivity contribution in [1.29, 1.82) is 0 Å². The number of likely N-dealkylation sites (tertiary alicyclic amines) is 1. The van der Waals surface area contributed by atoms with Gasteiger partial charge in [0.05, 0.1) is 0 Å². The van der Waals surface area contributed by atoms with Crippen LogP contribution in [0.5, 0.6) is 0 Å². The second-order valence-corrected chi connectivity index (χ2v) is 7.54. The molecule has 6 atom stereocenters. The van der Waals surface area contributed by atoms with Gasteiger partial charge in [0.25, 0.3) is 0 Å². The fourth-order valence-corrected chi connectivity index (χ4v) is 4.65. The molecule has 0 aromatic rings. The average molecular weight is 276 g/mol. The Labute approximate surface area is 120 Å². The molecule has 1 saturated heterocycles. The van der Waals surface area contributed by atoms with Gasteiger partial charge in [0.2, 0.25) is 11.8 Å². The number of carbonyl (C=O) groups is 2. The molecule has 0 spiro atoms. The number of nitrogens with one attached hydrogen (secondary N) is 1. The molecule has 20 heavy (non-hydrogen) atoms. The van der Waals surface area contributed by atoms with E-state index in [9.17, 15) is 9.59 Å². The molecular formula is C16H24N2O2. The van der Waals surface area contributed by atoms with Gasteiger partial charge in [0, 0.05) is 42.8 Å². The molecule has 0 bridgehead atoms. The van der Waals surface area contributed by atoms with Crippen LogP contribution in [-0.2, 0) is 9.59 Å². The summed E-state index contributed by atoms with van der Waals surface area (Å²) in [6.45, 7) is 5.61. The Balaban J connectivity index is 1.28. The summed E-state index contributed by atoms with van der Waals surface area (Å²) in [4.78, 5) is 26.2. The zero-order valence-electron chi connectivity index (χ0n) is 12.3. The van der Waals surface area contributed by atoms with E-state index in [1.807, 2.05) is 13.8 Å². The van der Waals surface area contributed by atoms with Crippen LogP contribution in [0.15, 0.2) is 0 Å². The van der Waals surface area contributed by atoms with E-state index in [-0.39, 0.29) is 11.8 Å². The summed E-state index contributed by atoms with van der Waals surface area (Å²) in [6, 6.07) is 0.340. The highest BCUT2D eigenvalue weighted by atomic mass is 16.2. The summed E-state index contributed by atoms with van der Waals surface area (Å²) >= 11 is 0. The van der Waals surface area contributed by atoms with Crippen LogP contribution in [-0.4, -0.2) is 35.8 Å². The summed E-state index contributed by atoms with van der Waals surface area (Å²) in [6.07, 6.45) is 3.87. The lowest BCUT2D eigenvalue weighted by molar-refractivity contribution is -0.132. The van der Waals surface area contributed by atoms with Crippen LogP contribution in [0.4, 0.5) is 0 Å². The van der Waals surface area contributed by atoms with E-state index >= 15 is 0 Å². The van der Waals surface area contributed by atoms with Crippen molar-refractivity contribution in [2.75, 3.05) is 13.1 Å². The molecule has 2 amide bonds. The Morgan fingerprint density at radius 3 is 2.20 bits per heavy atom. The fraction of sp³-hybridized carbons (Fsp3) is 0.875. The highest BCUT2D eigenvalue weighted by Gasteiger charge is 2.62. The van der Waals surface area contributed by atoms with Crippen LogP contribution in [0.1, 0.15) is 33.1 Å². The second kappa shape index (κ2) is 4.22. The zero-order chi connectivity index (χ0) is 14.0. The average Bonchev–Trinajstić information content (AvgIpc) is 3.09. The van der Waals surface area contributed by atoms with Crippen molar-refractivity contribution in [3.63, 3.8) is 0 Å². The minimum absolute atomic E-state index is 0.0555. The van der Waals surface area contributed by atoms with Gasteiger partial charge >= 0.3 is 0 Å². The highest BCUT2D eigenvalue weighted by Crippen LogP contribution is 2.59. The van der Waals surface area contributed by atoms with Gasteiger partial charge in [0.15, 0.2) is 0 Å². The van der Waals surface area contributed by atoms with Gasteiger partial charge < -0.3 is 10.2 Å². The van der Waals surface area contributed by atoms with E-state index in [0.29, 0.717) is 29.7 Å². The Morgan fingerprint density at radius 2 is 1.65 bits per heavy atom. The van der Waals surface area contributed by atoms with Crippen LogP contribution in [0.2, 0.25) is 0 Å². The smallest absolute Gasteiger partial charge is 0.226 e. The van der Waals surface area contributed by atoms with Crippen molar-refractivity contribution in [3.05, 3.63) is 0 Å². The van der Waals surface area contributed by atoms with Crippen LogP contribution >= 0.6 is 0 Å². The lowest BCUT2D eigenvalue weighted by Gasteiger charge is -2.21. The van der Waals surface area contributed by atoms with Gasteiger partial charge in [0.1, 0.15) is 0 Å². The Morgan fingerprint density at radius 1 is 1.05 bits per heavy atom. The Kier molecular flexibility index (Phi) is 2.67. The first-order valence-corrected chi connectivity index (χ1v) is 8.17. The standard InChI is InChI=1S/C16H24N2O2/c1-8(2)15(19)17-14-11-6-18(7-12(11)14)16(20)13-9-4-3-5-10(9)13/h8-14H,3-7H2,1-2H3,(H,17,19)/t9-,10+,11-,12+,13?,14?. The normalized spacial score (nSPS) is 44.2. The first kappa shape index (κ1) is 12.7. The number of hydrogen-bond acceptors (Lipinski definition) is 2. The van der Waals surface area contributed by atoms with E-state index in [4.69, 9.17) is 0 Å². The number of nitrogens with zero attached hydrogens (tertiary/aromatic N) is 1. The predicted molar refractivity (Wildman–Crippen MR) is 74.6 cm³/mol. The molecule has 1 aliphatic heterocycles. The van der Waals surface area contributed by atoms with E-state index in [1.54, 1.807) is 0 Å². The van der Waals surface area contributed by atoms with Gasteiger partial charge in [-0.3, -0.25) is 9.59 Å². The number of fused-ring (bicyclic) bond motifs is 2. The third-order valence-corrected chi connectivity index (χ3v) is 6.03. The molecule has 0 radical (unpaired) electrons. The molecular weight excluding hydrogens is 252 g/mol. The van der Waals surface area contributed by atoms with E-state index < -0.39 is 0 Å². The molecule has 3 aliphatic carbocycles. The first-order chi connectivity index (χ1) is 9.58. The van der Waals surface area contributed by atoms with Crippen molar-refractivity contribution >= 4 is 11.8 Å². The molecule has 0 aromatic heterocycles. The van der Waals surface area contributed by atoms with Crippen LogP contribution in [0, 0.1) is 35.5 Å². The molecule has 4 fully saturated rings. The quantitative estimate of drug-likeness (QED) is 0.843. The van der Waals surface area contributed by atoms with Gasteiger partial charge in [-0.25, -0.2) is 0 Å². The van der Waals surface area contributed by atoms with Crippen molar-refractivity contribution in [3.8, 4) is 0 Å². The largest absolute Gasteiger partial charge is 0.352 e. The molecule has 4 heteroatoms. The number of carbonyl (C=O) groups excluding carboxylic acids is 2. The minimum atomic E-state index is 0.0555. The molecule has 110 valence electrons. The fourth-order valence-electron chi connectivity index (χ4n) is 4.65. The Hall–Kier alpha value is -1.06. The van der Waals surface area contributed by atoms with Gasteiger partial charge in [-0.05, 0) is 24.7 Å². The van der Waals surface area contributed by atoms with E-state index in [2.05, 4.69) is 10.2 Å². The molecule has 3 saturated carbocycles.